The number of anilines is 4. The number of rotatable bonds is 2. The summed E-state index contributed by atoms with van der Waals surface area (Å²) in [6, 6.07) is 96.7. The first kappa shape index (κ1) is 44.4. The molecular weight excluding hydrogens is 957 g/mol. The van der Waals surface area contributed by atoms with E-state index in [1.165, 1.54) is 122 Å². The summed E-state index contributed by atoms with van der Waals surface area (Å²) in [5.41, 5.74) is 28.6. The number of benzene rings is 12. The molecular formula is C76H56N2O. The van der Waals surface area contributed by atoms with Gasteiger partial charge in [0.05, 0.1) is 16.2 Å². The van der Waals surface area contributed by atoms with Crippen LogP contribution in [-0.4, -0.2) is 0 Å². The number of para-hydroxylation sites is 1. The molecule has 376 valence electrons. The van der Waals surface area contributed by atoms with Crippen molar-refractivity contribution in [3.8, 4) is 11.1 Å². The van der Waals surface area contributed by atoms with E-state index in [9.17, 15) is 0 Å². The van der Waals surface area contributed by atoms with Crippen LogP contribution in [0.2, 0.25) is 0 Å². The molecule has 13 aromatic rings. The van der Waals surface area contributed by atoms with Crippen molar-refractivity contribution in [3.05, 3.63) is 344 Å². The number of hydrogen-bond donors (Lipinski definition) is 2. The van der Waals surface area contributed by atoms with Gasteiger partial charge >= 0.3 is 0 Å². The second-order valence-corrected chi connectivity index (χ2v) is 21.9. The van der Waals surface area contributed by atoms with Gasteiger partial charge in [-0.15, -0.1) is 0 Å². The van der Waals surface area contributed by atoms with Gasteiger partial charge in [0.1, 0.15) is 11.2 Å². The first-order valence-corrected chi connectivity index (χ1v) is 28.0. The number of furan rings is 1. The summed E-state index contributed by atoms with van der Waals surface area (Å²) in [7, 11) is 0. The Labute approximate surface area is 462 Å². The standard InChI is InChI=1S/C38H25N.C36H21NO.C2H6.2H2/c1-3-12-25(13-4-1)26-22-23-34-33(24-26)38-30-18-9-7-16-28(30)37(27-14-5-2-6-15-27,29-17-8-10-19-31(29)38)32-20-11-21-35(39-34)36(32)38;1-2-9-21-17-28-26(16-20(21)8-1)34-23-11-3-5-13-27(23)36(28)29-19-33-25(22-10-4-6-15-32(22)38-33)18-31(29)37-30-14-7-12-24(34)35(30)36;1-2;;/h1-24,39H;1-19,34,37H;1-2H3;2*1H. The van der Waals surface area contributed by atoms with Gasteiger partial charge < -0.3 is 15.1 Å². The van der Waals surface area contributed by atoms with Gasteiger partial charge in [0.15, 0.2) is 0 Å². The fourth-order valence-electron chi connectivity index (χ4n) is 15.9. The monoisotopic (exact) mass is 1010 g/mol. The molecule has 21 rings (SSSR count). The van der Waals surface area contributed by atoms with Gasteiger partial charge in [-0.05, 0) is 160 Å². The molecule has 0 radical (unpaired) electrons. The molecule has 0 saturated heterocycles. The SMILES string of the molecule is CC.[HH].[HH].c1ccc(-c2ccc3c(c2)C24c5ccccc5C(c5ccccc5)(c5ccccc52)c2cccc(c24)N3)cc1.c1ccc2c(c1)C1c3cc4ccccc4cc3C23c2cc4oc5ccccc5c4cc2Nc2cccc1c23. The average molecular weight is 1010 g/mol. The lowest BCUT2D eigenvalue weighted by molar-refractivity contribution is 0.556. The van der Waals surface area contributed by atoms with Crippen molar-refractivity contribution in [1.82, 2.24) is 0 Å². The van der Waals surface area contributed by atoms with Crippen molar-refractivity contribution in [2.45, 2.75) is 36.0 Å². The molecule has 2 spiro atoms. The van der Waals surface area contributed by atoms with Gasteiger partial charge in [-0.3, -0.25) is 0 Å². The first-order valence-electron chi connectivity index (χ1n) is 28.0. The lowest BCUT2D eigenvalue weighted by atomic mass is 9.43. The third-order valence-corrected chi connectivity index (χ3v) is 18.6. The molecule has 3 nitrogen and oxygen atoms in total. The van der Waals surface area contributed by atoms with E-state index < -0.39 is 10.8 Å². The zero-order valence-corrected chi connectivity index (χ0v) is 43.8. The summed E-state index contributed by atoms with van der Waals surface area (Å²) < 4.78 is 6.47. The molecule has 2 atom stereocenters. The third-order valence-electron chi connectivity index (χ3n) is 18.6. The van der Waals surface area contributed by atoms with Crippen LogP contribution in [0.5, 0.6) is 0 Å². The van der Waals surface area contributed by atoms with Gasteiger partial charge in [0.2, 0.25) is 0 Å². The highest BCUT2D eigenvalue weighted by Gasteiger charge is 2.62. The van der Waals surface area contributed by atoms with Crippen LogP contribution < -0.4 is 10.6 Å². The minimum atomic E-state index is -0.412. The molecule has 0 amide bonds. The van der Waals surface area contributed by atoms with Crippen LogP contribution in [0.3, 0.4) is 0 Å². The molecule has 3 heterocycles. The zero-order chi connectivity index (χ0) is 52.2. The predicted molar refractivity (Wildman–Crippen MR) is 328 cm³/mol. The van der Waals surface area contributed by atoms with Gasteiger partial charge in [-0.2, -0.15) is 0 Å². The molecule has 3 heteroatoms. The lowest BCUT2D eigenvalue weighted by Crippen LogP contribution is -2.53. The maximum Gasteiger partial charge on any atom is 0.135 e. The van der Waals surface area contributed by atoms with Crippen LogP contribution in [0.1, 0.15) is 106 Å². The molecule has 8 aliphatic rings. The van der Waals surface area contributed by atoms with E-state index in [-0.39, 0.29) is 14.2 Å². The Kier molecular flexibility index (Phi) is 9.10. The van der Waals surface area contributed by atoms with Crippen molar-refractivity contribution in [2.24, 2.45) is 0 Å². The summed E-state index contributed by atoms with van der Waals surface area (Å²) in [6.45, 7) is 4.00. The van der Waals surface area contributed by atoms with Gasteiger partial charge in [-0.1, -0.05) is 220 Å². The lowest BCUT2D eigenvalue weighted by Gasteiger charge is -2.59. The minimum Gasteiger partial charge on any atom is -0.456 e. The van der Waals surface area contributed by atoms with Crippen molar-refractivity contribution < 1.29 is 7.27 Å². The van der Waals surface area contributed by atoms with Crippen LogP contribution in [-0.2, 0) is 16.2 Å². The Hall–Kier alpha value is -9.70. The highest BCUT2D eigenvalue weighted by Crippen LogP contribution is 2.70. The highest BCUT2D eigenvalue weighted by atomic mass is 16.3. The Morgan fingerprint density at radius 1 is 0.316 bits per heavy atom. The first-order chi connectivity index (χ1) is 39.2. The van der Waals surface area contributed by atoms with E-state index >= 15 is 0 Å². The zero-order valence-electron chi connectivity index (χ0n) is 43.8. The van der Waals surface area contributed by atoms with Crippen LogP contribution >= 0.6 is 0 Å². The predicted octanol–water partition coefficient (Wildman–Crippen LogP) is 19.3. The van der Waals surface area contributed by atoms with Crippen molar-refractivity contribution >= 4 is 55.5 Å². The number of hydrogen-bond acceptors (Lipinski definition) is 3. The second-order valence-electron chi connectivity index (χ2n) is 21.9. The molecule has 0 saturated carbocycles. The molecule has 79 heavy (non-hydrogen) atoms. The Balaban J connectivity index is 0.000000132. The Morgan fingerprint density at radius 3 is 1.63 bits per heavy atom. The van der Waals surface area contributed by atoms with E-state index in [0.717, 1.165) is 27.6 Å². The maximum atomic E-state index is 6.47. The van der Waals surface area contributed by atoms with E-state index in [4.69, 9.17) is 4.42 Å². The quantitative estimate of drug-likeness (QED) is 0.181. The largest absolute Gasteiger partial charge is 0.456 e. The number of nitrogens with one attached hydrogen (secondary N) is 2. The van der Waals surface area contributed by atoms with E-state index in [2.05, 4.69) is 265 Å². The van der Waals surface area contributed by atoms with Gasteiger partial charge in [0, 0.05) is 42.3 Å². The van der Waals surface area contributed by atoms with E-state index in [0.29, 0.717) is 0 Å². The summed E-state index contributed by atoms with van der Waals surface area (Å²) in [5.74, 6) is 0.223. The second kappa shape index (κ2) is 16.2. The summed E-state index contributed by atoms with van der Waals surface area (Å²) >= 11 is 0. The Morgan fingerprint density at radius 2 is 0.873 bits per heavy atom. The normalized spacial score (nSPS) is 19.7. The van der Waals surface area contributed by atoms with E-state index in [1.807, 2.05) is 19.9 Å². The third kappa shape index (κ3) is 5.47. The van der Waals surface area contributed by atoms with E-state index in [1.54, 1.807) is 0 Å². The fraction of sp³-hybridized carbons (Fsp3) is 0.0789. The fourth-order valence-corrected chi connectivity index (χ4v) is 15.9. The topological polar surface area (TPSA) is 37.2 Å². The van der Waals surface area contributed by atoms with Crippen LogP contribution in [0.4, 0.5) is 22.7 Å². The number of fused-ring (bicyclic) bond motifs is 6. The van der Waals surface area contributed by atoms with Crippen LogP contribution in [0, 0.1) is 0 Å². The minimum absolute atomic E-state index is 0. The van der Waals surface area contributed by atoms with Gasteiger partial charge in [0.25, 0.3) is 0 Å². The molecule has 12 aromatic carbocycles. The summed E-state index contributed by atoms with van der Waals surface area (Å²) in [4.78, 5) is 0. The molecule has 6 aliphatic carbocycles. The van der Waals surface area contributed by atoms with Crippen molar-refractivity contribution in [2.75, 3.05) is 10.6 Å². The smallest absolute Gasteiger partial charge is 0.135 e. The molecule has 4 bridgehead atoms. The summed E-state index contributed by atoms with van der Waals surface area (Å²) in [6.07, 6.45) is 0. The van der Waals surface area contributed by atoms with Gasteiger partial charge in [-0.25, -0.2) is 0 Å². The molecule has 0 fully saturated rings. The molecule has 2 aliphatic heterocycles. The maximum absolute atomic E-state index is 6.47. The van der Waals surface area contributed by atoms with Crippen LogP contribution in [0.15, 0.2) is 265 Å². The molecule has 2 unspecified atom stereocenters. The average Bonchev–Trinajstić information content (AvgIpc) is 0.976. The molecule has 2 N–H and O–H groups in total. The van der Waals surface area contributed by atoms with Crippen molar-refractivity contribution in [3.63, 3.8) is 0 Å². The van der Waals surface area contributed by atoms with Crippen molar-refractivity contribution in [1.29, 1.82) is 0 Å². The highest BCUT2D eigenvalue weighted by molar-refractivity contribution is 6.08. The van der Waals surface area contributed by atoms with Crippen LogP contribution in [0.25, 0.3) is 43.8 Å². The summed E-state index contributed by atoms with van der Waals surface area (Å²) in [5, 5.41) is 12.6. The molecule has 1 aromatic heterocycles. The Bertz CT molecular complexity index is 4690.